The molecule has 0 bridgehead atoms. The van der Waals surface area contributed by atoms with E-state index in [4.69, 9.17) is 0 Å². The highest BCUT2D eigenvalue weighted by molar-refractivity contribution is 6.05. The molecule has 3 aromatic heterocycles. The van der Waals surface area contributed by atoms with Crippen molar-refractivity contribution in [2.24, 2.45) is 7.05 Å². The minimum Gasteiger partial charge on any atom is -0.373 e. The lowest BCUT2D eigenvalue weighted by atomic mass is 10.1. The van der Waals surface area contributed by atoms with Gasteiger partial charge in [-0.2, -0.15) is 18.3 Å². The average Bonchev–Trinajstić information content (AvgIpc) is 3.49. The molecule has 0 saturated carbocycles. The molecule has 0 radical (unpaired) electrons. The largest absolute Gasteiger partial charge is 0.416 e. The van der Waals surface area contributed by atoms with Crippen molar-refractivity contribution >= 4 is 17.3 Å². The topological polar surface area (TPSA) is 97.0 Å². The normalized spacial score (nSPS) is 11.8. The molecule has 212 valence electrons. The summed E-state index contributed by atoms with van der Waals surface area (Å²) in [7, 11) is 7.34. The maximum absolute atomic E-state index is 13.8. The molecular weight excluding hydrogens is 523 g/mol. The molecule has 0 aliphatic carbocycles. The van der Waals surface area contributed by atoms with E-state index in [-0.39, 0.29) is 11.3 Å². The van der Waals surface area contributed by atoms with Crippen molar-refractivity contribution in [1.29, 1.82) is 0 Å². The number of hydrogen-bond donors (Lipinski definition) is 1. The van der Waals surface area contributed by atoms with Crippen molar-refractivity contribution in [1.82, 2.24) is 34.7 Å². The summed E-state index contributed by atoms with van der Waals surface area (Å²) in [6.07, 6.45) is 0.204. The van der Waals surface area contributed by atoms with E-state index >= 15 is 0 Å². The molecule has 0 atom stereocenters. The number of amides is 1. The predicted molar refractivity (Wildman–Crippen MR) is 147 cm³/mol. The molecule has 0 spiro atoms. The Labute approximate surface area is 230 Å². The van der Waals surface area contributed by atoms with Crippen LogP contribution in [0.1, 0.15) is 32.9 Å². The number of nitrogens with one attached hydrogen (secondary N) is 1. The van der Waals surface area contributed by atoms with Crippen LogP contribution in [0.4, 0.5) is 24.5 Å². The first-order chi connectivity index (χ1) is 18.8. The molecular formula is C27H32F3N9O. The summed E-state index contributed by atoms with van der Waals surface area (Å²) in [4.78, 5) is 21.3. The number of rotatable bonds is 8. The molecule has 4 rings (SSSR count). The number of aromatic nitrogens is 6. The Morgan fingerprint density at radius 3 is 2.40 bits per heavy atom. The smallest absolute Gasteiger partial charge is 0.373 e. The highest BCUT2D eigenvalue weighted by atomic mass is 19.4. The number of aryl methyl sites for hydroxylation is 2. The molecule has 0 aliphatic rings. The molecule has 0 saturated heterocycles. The lowest BCUT2D eigenvalue weighted by Gasteiger charge is -2.26. The van der Waals surface area contributed by atoms with E-state index in [1.165, 1.54) is 10.9 Å². The second-order valence-corrected chi connectivity index (χ2v) is 9.99. The van der Waals surface area contributed by atoms with Crippen LogP contribution in [-0.4, -0.2) is 74.8 Å². The predicted octanol–water partition coefficient (Wildman–Crippen LogP) is 4.26. The van der Waals surface area contributed by atoms with E-state index in [0.717, 1.165) is 23.4 Å². The van der Waals surface area contributed by atoms with Crippen LogP contribution >= 0.6 is 0 Å². The second kappa shape index (κ2) is 11.1. The van der Waals surface area contributed by atoms with Gasteiger partial charge in [0.25, 0.3) is 5.91 Å². The third kappa shape index (κ3) is 5.98. The molecule has 4 aromatic rings. The van der Waals surface area contributed by atoms with E-state index < -0.39 is 17.6 Å². The van der Waals surface area contributed by atoms with E-state index in [1.54, 1.807) is 48.9 Å². The van der Waals surface area contributed by atoms with Gasteiger partial charge < -0.3 is 15.1 Å². The summed E-state index contributed by atoms with van der Waals surface area (Å²) in [6.45, 7) is 6.52. The van der Waals surface area contributed by atoms with Gasteiger partial charge in [-0.05, 0) is 58.6 Å². The van der Waals surface area contributed by atoms with Crippen LogP contribution in [0.2, 0.25) is 0 Å². The molecule has 40 heavy (non-hydrogen) atoms. The zero-order chi connectivity index (χ0) is 29.4. The minimum atomic E-state index is -4.58. The summed E-state index contributed by atoms with van der Waals surface area (Å²) in [6, 6.07) is 3.65. The number of hydrogen-bond acceptors (Lipinski definition) is 7. The quantitative estimate of drug-likeness (QED) is 0.347. The van der Waals surface area contributed by atoms with Crippen LogP contribution in [-0.2, 0) is 13.2 Å². The molecule has 0 unspecified atom stereocenters. The Hall–Kier alpha value is -4.26. The van der Waals surface area contributed by atoms with Crippen molar-refractivity contribution in [3.8, 4) is 16.9 Å². The van der Waals surface area contributed by atoms with Gasteiger partial charge in [0, 0.05) is 56.0 Å². The fraction of sp³-hybridized carbons (Fsp3) is 0.370. The zero-order valence-electron chi connectivity index (χ0n) is 23.5. The number of carbonyl (C=O) groups is 1. The fourth-order valence-corrected chi connectivity index (χ4v) is 4.19. The number of pyridine rings is 1. The van der Waals surface area contributed by atoms with Gasteiger partial charge in [0.05, 0.1) is 34.9 Å². The van der Waals surface area contributed by atoms with Gasteiger partial charge in [-0.3, -0.25) is 14.5 Å². The van der Waals surface area contributed by atoms with Crippen molar-refractivity contribution < 1.29 is 18.0 Å². The van der Waals surface area contributed by atoms with Crippen LogP contribution in [0.15, 0.2) is 36.8 Å². The van der Waals surface area contributed by atoms with Gasteiger partial charge in [-0.25, -0.2) is 4.68 Å². The lowest BCUT2D eigenvalue weighted by molar-refractivity contribution is -0.137. The first-order valence-electron chi connectivity index (χ1n) is 12.5. The summed E-state index contributed by atoms with van der Waals surface area (Å²) in [5.41, 5.74) is 3.74. The Kier molecular flexibility index (Phi) is 7.96. The van der Waals surface area contributed by atoms with E-state index in [2.05, 4.69) is 25.7 Å². The number of halogens is 3. The number of likely N-dealkylation sites (N-methyl/N-ethyl adjacent to an activating group) is 2. The van der Waals surface area contributed by atoms with Crippen LogP contribution in [0, 0.1) is 20.8 Å². The maximum atomic E-state index is 13.8. The SMILES string of the molecule is Cc1ncc(C(=O)Nc2cc(C(F)(F)F)cc(N(C)CCN(C)C)c2C)cc1-n1cc(-c2cnn(C)c2C)nn1. The summed E-state index contributed by atoms with van der Waals surface area (Å²) < 4.78 is 44.6. The van der Waals surface area contributed by atoms with Crippen molar-refractivity contribution in [2.45, 2.75) is 26.9 Å². The Balaban J connectivity index is 1.65. The molecule has 1 N–H and O–H groups in total. The van der Waals surface area contributed by atoms with Gasteiger partial charge in [-0.15, -0.1) is 5.10 Å². The van der Waals surface area contributed by atoms with Gasteiger partial charge in [0.1, 0.15) is 5.69 Å². The summed E-state index contributed by atoms with van der Waals surface area (Å²) >= 11 is 0. The summed E-state index contributed by atoms with van der Waals surface area (Å²) in [5.74, 6) is -0.596. The Morgan fingerprint density at radius 2 is 1.77 bits per heavy atom. The highest BCUT2D eigenvalue weighted by Gasteiger charge is 2.32. The van der Waals surface area contributed by atoms with E-state index in [0.29, 0.717) is 41.4 Å². The Morgan fingerprint density at radius 1 is 1.05 bits per heavy atom. The van der Waals surface area contributed by atoms with Crippen LogP contribution in [0.3, 0.4) is 0 Å². The van der Waals surface area contributed by atoms with Crippen molar-refractivity contribution in [3.05, 3.63) is 64.9 Å². The number of nitrogens with zero attached hydrogens (tertiary/aromatic N) is 8. The van der Waals surface area contributed by atoms with Crippen molar-refractivity contribution in [3.63, 3.8) is 0 Å². The molecule has 13 heteroatoms. The molecule has 0 aliphatic heterocycles. The number of anilines is 2. The minimum absolute atomic E-state index is 0.0729. The molecule has 0 fully saturated rings. The van der Waals surface area contributed by atoms with Crippen LogP contribution < -0.4 is 10.2 Å². The molecule has 3 heterocycles. The zero-order valence-corrected chi connectivity index (χ0v) is 23.5. The first kappa shape index (κ1) is 28.7. The number of alkyl halides is 3. The summed E-state index contributed by atoms with van der Waals surface area (Å²) in [5, 5.41) is 15.3. The fourth-order valence-electron chi connectivity index (χ4n) is 4.19. The van der Waals surface area contributed by atoms with E-state index in [1.807, 2.05) is 33.0 Å². The molecule has 1 amide bonds. The van der Waals surface area contributed by atoms with Gasteiger partial charge >= 0.3 is 6.18 Å². The van der Waals surface area contributed by atoms with Crippen molar-refractivity contribution in [2.75, 3.05) is 44.4 Å². The maximum Gasteiger partial charge on any atom is 0.416 e. The van der Waals surface area contributed by atoms with Gasteiger partial charge in [0.15, 0.2) is 0 Å². The number of carbonyl (C=O) groups excluding carboxylic acids is 1. The van der Waals surface area contributed by atoms with Crippen LogP contribution in [0.25, 0.3) is 16.9 Å². The third-order valence-electron chi connectivity index (χ3n) is 6.82. The molecule has 1 aromatic carbocycles. The van der Waals surface area contributed by atoms with Crippen LogP contribution in [0.5, 0.6) is 0 Å². The second-order valence-electron chi connectivity index (χ2n) is 9.99. The highest BCUT2D eigenvalue weighted by Crippen LogP contribution is 2.37. The van der Waals surface area contributed by atoms with E-state index in [9.17, 15) is 18.0 Å². The standard InChI is InChI=1S/C27H32F3N9O/c1-16-22(11-20(27(28,29)30)12-24(16)37(6)9-8-36(4)5)33-26(40)19-10-25(17(2)31-13-19)39-15-23(34-35-39)21-14-32-38(7)18(21)3/h10-15H,8-9H2,1-7H3,(H,33,40). The third-order valence-corrected chi connectivity index (χ3v) is 6.82. The monoisotopic (exact) mass is 555 g/mol. The average molecular weight is 556 g/mol. The Bertz CT molecular complexity index is 1540. The number of benzene rings is 1. The lowest BCUT2D eigenvalue weighted by Crippen LogP contribution is -2.29. The first-order valence-corrected chi connectivity index (χ1v) is 12.5. The van der Waals surface area contributed by atoms with Gasteiger partial charge in [-0.1, -0.05) is 5.21 Å². The molecule has 10 nitrogen and oxygen atoms in total. The van der Waals surface area contributed by atoms with Gasteiger partial charge in [0.2, 0.25) is 0 Å².